The van der Waals surface area contributed by atoms with Crippen molar-refractivity contribution < 1.29 is 4.74 Å². The molecule has 0 radical (unpaired) electrons. The summed E-state index contributed by atoms with van der Waals surface area (Å²) in [6.07, 6.45) is 0. The Bertz CT molecular complexity index is 1150. The molecule has 0 atom stereocenters. The average molecular weight is 390 g/mol. The number of fused-ring (bicyclic) bond motifs is 1. The minimum atomic E-state index is -0.769. The van der Waals surface area contributed by atoms with Crippen molar-refractivity contribution in [3.63, 3.8) is 0 Å². The van der Waals surface area contributed by atoms with Crippen LogP contribution in [0.15, 0.2) is 114 Å². The molecule has 0 aromatic heterocycles. The van der Waals surface area contributed by atoms with Crippen LogP contribution in [0.25, 0.3) is 0 Å². The van der Waals surface area contributed by atoms with Gasteiger partial charge in [0.2, 0.25) is 0 Å². The SMILES string of the molecule is COc1cccc2c1NC(c1ccccc1)(c1ccccc1)N=C2c1ccccc1. The monoisotopic (exact) mass is 390 g/mol. The second-order valence-electron chi connectivity index (χ2n) is 7.28. The van der Waals surface area contributed by atoms with Crippen molar-refractivity contribution in [3.05, 3.63) is 131 Å². The number of benzene rings is 4. The third-order valence-corrected chi connectivity index (χ3v) is 5.52. The smallest absolute Gasteiger partial charge is 0.182 e. The Balaban J connectivity index is 1.86. The van der Waals surface area contributed by atoms with Crippen molar-refractivity contribution >= 4 is 11.4 Å². The summed E-state index contributed by atoms with van der Waals surface area (Å²) in [6.45, 7) is 0. The topological polar surface area (TPSA) is 33.6 Å². The summed E-state index contributed by atoms with van der Waals surface area (Å²) < 4.78 is 5.74. The molecule has 3 heteroatoms. The molecule has 1 aliphatic rings. The lowest BCUT2D eigenvalue weighted by Gasteiger charge is -2.38. The first-order chi connectivity index (χ1) is 14.8. The van der Waals surface area contributed by atoms with Crippen LogP contribution in [-0.2, 0) is 5.66 Å². The molecule has 0 saturated carbocycles. The highest BCUT2D eigenvalue weighted by Gasteiger charge is 2.39. The maximum atomic E-state index is 5.74. The largest absolute Gasteiger partial charge is 0.495 e. The van der Waals surface area contributed by atoms with E-state index in [1.165, 1.54) is 0 Å². The van der Waals surface area contributed by atoms with E-state index in [9.17, 15) is 0 Å². The van der Waals surface area contributed by atoms with Crippen molar-refractivity contribution in [3.8, 4) is 5.75 Å². The average Bonchev–Trinajstić information content (AvgIpc) is 2.84. The zero-order chi connectivity index (χ0) is 20.4. The lowest BCUT2D eigenvalue weighted by molar-refractivity contribution is 0.414. The molecule has 146 valence electrons. The highest BCUT2D eigenvalue weighted by atomic mass is 16.5. The summed E-state index contributed by atoms with van der Waals surface area (Å²) in [5, 5.41) is 3.75. The van der Waals surface area contributed by atoms with E-state index in [1.54, 1.807) is 7.11 Å². The second-order valence-corrected chi connectivity index (χ2v) is 7.28. The fourth-order valence-corrected chi connectivity index (χ4v) is 4.08. The van der Waals surface area contributed by atoms with Gasteiger partial charge >= 0.3 is 0 Å². The van der Waals surface area contributed by atoms with E-state index >= 15 is 0 Å². The van der Waals surface area contributed by atoms with Crippen LogP contribution < -0.4 is 10.1 Å². The summed E-state index contributed by atoms with van der Waals surface area (Å²) in [5.41, 5.74) is 5.36. The molecule has 0 spiro atoms. The van der Waals surface area contributed by atoms with Gasteiger partial charge in [-0.05, 0) is 6.07 Å². The van der Waals surface area contributed by atoms with Crippen molar-refractivity contribution in [2.24, 2.45) is 4.99 Å². The molecule has 0 fully saturated rings. The Kier molecular flexibility index (Phi) is 4.56. The first-order valence-electron chi connectivity index (χ1n) is 10.0. The predicted octanol–water partition coefficient (Wildman–Crippen LogP) is 5.86. The number of hydrogen-bond acceptors (Lipinski definition) is 3. The summed E-state index contributed by atoms with van der Waals surface area (Å²) in [5.74, 6) is 0.798. The molecule has 5 rings (SSSR count). The molecule has 1 N–H and O–H groups in total. The Morgan fingerprint density at radius 3 is 1.80 bits per heavy atom. The van der Waals surface area contributed by atoms with Crippen LogP contribution in [0.1, 0.15) is 22.3 Å². The van der Waals surface area contributed by atoms with Crippen LogP contribution >= 0.6 is 0 Å². The van der Waals surface area contributed by atoms with Gasteiger partial charge in [-0.15, -0.1) is 0 Å². The van der Waals surface area contributed by atoms with Crippen molar-refractivity contribution in [2.75, 3.05) is 12.4 Å². The van der Waals surface area contributed by atoms with E-state index in [4.69, 9.17) is 9.73 Å². The van der Waals surface area contributed by atoms with Gasteiger partial charge in [-0.1, -0.05) is 103 Å². The van der Waals surface area contributed by atoms with E-state index in [0.717, 1.165) is 39.4 Å². The van der Waals surface area contributed by atoms with E-state index in [-0.39, 0.29) is 0 Å². The summed E-state index contributed by atoms with van der Waals surface area (Å²) >= 11 is 0. The molecule has 4 aromatic carbocycles. The van der Waals surface area contributed by atoms with Gasteiger partial charge in [0.05, 0.1) is 18.5 Å². The highest BCUT2D eigenvalue weighted by molar-refractivity contribution is 6.18. The number of rotatable bonds is 4. The predicted molar refractivity (Wildman–Crippen MR) is 122 cm³/mol. The number of nitrogens with one attached hydrogen (secondary N) is 1. The highest BCUT2D eigenvalue weighted by Crippen LogP contribution is 2.44. The van der Waals surface area contributed by atoms with Crippen LogP contribution in [-0.4, -0.2) is 12.8 Å². The van der Waals surface area contributed by atoms with Crippen LogP contribution in [0.5, 0.6) is 5.75 Å². The zero-order valence-electron chi connectivity index (χ0n) is 16.7. The van der Waals surface area contributed by atoms with E-state index in [1.807, 2.05) is 42.5 Å². The first-order valence-corrected chi connectivity index (χ1v) is 10.0. The maximum Gasteiger partial charge on any atom is 0.182 e. The third-order valence-electron chi connectivity index (χ3n) is 5.52. The molecule has 0 aliphatic carbocycles. The van der Waals surface area contributed by atoms with Gasteiger partial charge in [0, 0.05) is 22.3 Å². The minimum Gasteiger partial charge on any atom is -0.495 e. The van der Waals surface area contributed by atoms with Gasteiger partial charge in [0.1, 0.15) is 5.75 Å². The maximum absolute atomic E-state index is 5.74. The molecule has 1 heterocycles. The summed E-state index contributed by atoms with van der Waals surface area (Å²) in [7, 11) is 1.71. The summed E-state index contributed by atoms with van der Waals surface area (Å²) in [4.78, 5) is 5.39. The first kappa shape index (κ1) is 18.2. The molecule has 3 nitrogen and oxygen atoms in total. The van der Waals surface area contributed by atoms with Gasteiger partial charge in [-0.3, -0.25) is 0 Å². The van der Waals surface area contributed by atoms with Gasteiger partial charge in [0.15, 0.2) is 5.66 Å². The molecule has 4 aromatic rings. The Morgan fingerprint density at radius 1 is 0.667 bits per heavy atom. The molecule has 0 unspecified atom stereocenters. The standard InChI is InChI=1S/C27H22N2O/c1-30-24-19-11-18-23-25(20-12-5-2-6-13-20)28-27(29-26(23)24,21-14-7-3-8-15-21)22-16-9-4-10-17-22/h2-19,29H,1H3. The van der Waals surface area contributed by atoms with E-state index < -0.39 is 5.66 Å². The van der Waals surface area contributed by atoms with Crippen molar-refractivity contribution in [2.45, 2.75) is 5.66 Å². The van der Waals surface area contributed by atoms with E-state index in [2.05, 4.69) is 72.0 Å². The molecule has 0 bridgehead atoms. The Morgan fingerprint density at radius 2 is 1.23 bits per heavy atom. The number of anilines is 1. The number of hydrogen-bond donors (Lipinski definition) is 1. The fraction of sp³-hybridized carbons (Fsp3) is 0.0741. The minimum absolute atomic E-state index is 0.769. The number of aliphatic imine (C=N–C) groups is 1. The normalized spacial score (nSPS) is 14.2. The molecule has 0 saturated heterocycles. The number of ether oxygens (including phenoxy) is 1. The lowest BCUT2D eigenvalue weighted by atomic mass is 9.87. The van der Waals surface area contributed by atoms with Crippen molar-refractivity contribution in [1.29, 1.82) is 0 Å². The number of para-hydroxylation sites is 1. The Labute approximate surface area is 176 Å². The summed E-state index contributed by atoms with van der Waals surface area (Å²) in [6, 6.07) is 37.2. The number of nitrogens with zero attached hydrogens (tertiary/aromatic N) is 1. The van der Waals surface area contributed by atoms with Crippen LogP contribution in [0, 0.1) is 0 Å². The van der Waals surface area contributed by atoms with Crippen LogP contribution in [0.4, 0.5) is 5.69 Å². The lowest BCUT2D eigenvalue weighted by Crippen LogP contribution is -2.39. The fourth-order valence-electron chi connectivity index (χ4n) is 4.08. The molecule has 1 aliphatic heterocycles. The molecule has 0 amide bonds. The van der Waals surface area contributed by atoms with Crippen molar-refractivity contribution in [1.82, 2.24) is 0 Å². The van der Waals surface area contributed by atoms with Crippen LogP contribution in [0.2, 0.25) is 0 Å². The quantitative estimate of drug-likeness (QED) is 0.473. The van der Waals surface area contributed by atoms with Gasteiger partial charge < -0.3 is 10.1 Å². The Hall–Kier alpha value is -3.85. The van der Waals surface area contributed by atoms with E-state index in [0.29, 0.717) is 0 Å². The van der Waals surface area contributed by atoms with Crippen LogP contribution in [0.3, 0.4) is 0 Å². The van der Waals surface area contributed by atoms with Gasteiger partial charge in [-0.25, -0.2) is 4.99 Å². The molecular formula is C27H22N2O. The molecular weight excluding hydrogens is 368 g/mol. The van der Waals surface area contributed by atoms with Gasteiger partial charge in [0.25, 0.3) is 0 Å². The number of methoxy groups -OCH3 is 1. The second kappa shape index (κ2) is 7.53. The van der Waals surface area contributed by atoms with Gasteiger partial charge in [-0.2, -0.15) is 0 Å². The zero-order valence-corrected chi connectivity index (χ0v) is 16.7. The third kappa shape index (κ3) is 2.96. The molecule has 30 heavy (non-hydrogen) atoms.